The van der Waals surface area contributed by atoms with Gasteiger partial charge in [-0.1, -0.05) is 11.6 Å². The van der Waals surface area contributed by atoms with Crippen LogP contribution in [0.25, 0.3) is 0 Å². The van der Waals surface area contributed by atoms with E-state index in [9.17, 15) is 0 Å². The number of aromatic nitrogens is 1. The monoisotopic (exact) mass is 234 g/mol. The maximum absolute atomic E-state index is 5.18. The Morgan fingerprint density at radius 1 is 1.29 bits per heavy atom. The number of aryl methyl sites for hydroxylation is 2. The summed E-state index contributed by atoms with van der Waals surface area (Å²) in [5.74, 6) is 3.94. The lowest BCUT2D eigenvalue weighted by Crippen LogP contribution is -2.26. The summed E-state index contributed by atoms with van der Waals surface area (Å²) in [4.78, 5) is 0. The van der Waals surface area contributed by atoms with Gasteiger partial charge in [-0.3, -0.25) is 0 Å². The molecule has 0 aliphatic heterocycles. The summed E-state index contributed by atoms with van der Waals surface area (Å²) < 4.78 is 5.18. The minimum atomic E-state index is 0.912. The van der Waals surface area contributed by atoms with Crippen molar-refractivity contribution in [2.45, 2.75) is 46.1 Å². The Morgan fingerprint density at radius 2 is 2.18 bits per heavy atom. The molecule has 3 unspecified atom stereocenters. The van der Waals surface area contributed by atoms with Crippen molar-refractivity contribution in [3.05, 3.63) is 17.0 Å². The van der Waals surface area contributed by atoms with Gasteiger partial charge in [-0.2, -0.15) is 0 Å². The summed E-state index contributed by atoms with van der Waals surface area (Å²) in [7, 11) is 0. The predicted octanol–water partition coefficient (Wildman–Crippen LogP) is 2.82. The third-order valence-electron chi connectivity index (χ3n) is 4.77. The molecule has 0 spiro atoms. The molecule has 94 valence electrons. The van der Waals surface area contributed by atoms with Gasteiger partial charge in [0.1, 0.15) is 5.76 Å². The normalized spacial score (nSPS) is 31.3. The molecule has 3 nitrogen and oxygen atoms in total. The summed E-state index contributed by atoms with van der Waals surface area (Å²) in [6.07, 6.45) is 5.92. The molecule has 0 aromatic carbocycles. The molecule has 0 amide bonds. The van der Waals surface area contributed by atoms with E-state index in [1.807, 2.05) is 13.8 Å². The largest absolute Gasteiger partial charge is 0.361 e. The van der Waals surface area contributed by atoms with Crippen LogP contribution in [0.1, 0.15) is 42.7 Å². The number of hydrogen-bond acceptors (Lipinski definition) is 3. The Morgan fingerprint density at radius 3 is 2.76 bits per heavy atom. The van der Waals surface area contributed by atoms with Crippen LogP contribution in [0.15, 0.2) is 4.52 Å². The molecule has 2 bridgehead atoms. The first-order valence-corrected chi connectivity index (χ1v) is 6.86. The van der Waals surface area contributed by atoms with E-state index in [4.69, 9.17) is 4.52 Å². The van der Waals surface area contributed by atoms with E-state index in [1.54, 1.807) is 0 Å². The minimum absolute atomic E-state index is 0.912. The van der Waals surface area contributed by atoms with Gasteiger partial charge in [-0.25, -0.2) is 0 Å². The van der Waals surface area contributed by atoms with E-state index in [0.717, 1.165) is 35.8 Å². The van der Waals surface area contributed by atoms with Crippen LogP contribution in [-0.4, -0.2) is 11.7 Å². The molecule has 1 heterocycles. The van der Waals surface area contributed by atoms with Gasteiger partial charge in [0.05, 0.1) is 5.69 Å². The van der Waals surface area contributed by atoms with Gasteiger partial charge < -0.3 is 9.84 Å². The Balaban J connectivity index is 1.49. The second kappa shape index (κ2) is 4.45. The molecule has 1 N–H and O–H groups in total. The molecule has 3 rings (SSSR count). The molecule has 1 aromatic rings. The van der Waals surface area contributed by atoms with Crippen LogP contribution < -0.4 is 5.32 Å². The maximum atomic E-state index is 5.18. The van der Waals surface area contributed by atoms with Gasteiger partial charge in [0, 0.05) is 12.1 Å². The number of hydrogen-bond donors (Lipinski definition) is 1. The van der Waals surface area contributed by atoms with Crippen LogP contribution in [0, 0.1) is 31.6 Å². The van der Waals surface area contributed by atoms with Crippen LogP contribution in [0.3, 0.4) is 0 Å². The highest BCUT2D eigenvalue weighted by molar-refractivity contribution is 5.20. The van der Waals surface area contributed by atoms with Gasteiger partial charge in [-0.15, -0.1) is 0 Å². The molecule has 0 saturated heterocycles. The Labute approximate surface area is 103 Å². The molecule has 2 aliphatic rings. The number of nitrogens with zero attached hydrogens (tertiary/aromatic N) is 1. The van der Waals surface area contributed by atoms with Crippen molar-refractivity contribution in [1.82, 2.24) is 10.5 Å². The van der Waals surface area contributed by atoms with Crippen molar-refractivity contribution in [1.29, 1.82) is 0 Å². The fourth-order valence-corrected chi connectivity index (χ4v) is 3.76. The highest BCUT2D eigenvalue weighted by Gasteiger charge is 2.38. The van der Waals surface area contributed by atoms with Crippen LogP contribution in [0.2, 0.25) is 0 Å². The Hall–Kier alpha value is -0.830. The third kappa shape index (κ3) is 2.13. The van der Waals surface area contributed by atoms with Gasteiger partial charge in [0.2, 0.25) is 0 Å². The first-order chi connectivity index (χ1) is 8.24. The van der Waals surface area contributed by atoms with Crippen molar-refractivity contribution >= 4 is 0 Å². The number of nitrogens with one attached hydrogen (secondary N) is 1. The molecule has 3 atom stereocenters. The molecule has 17 heavy (non-hydrogen) atoms. The zero-order chi connectivity index (χ0) is 11.8. The first-order valence-electron chi connectivity index (χ1n) is 6.86. The molecule has 2 saturated carbocycles. The Kier molecular flexibility index (Phi) is 2.95. The van der Waals surface area contributed by atoms with Crippen LogP contribution in [-0.2, 0) is 6.54 Å². The average Bonchev–Trinajstić information content (AvgIpc) is 2.99. The fraction of sp³-hybridized carbons (Fsp3) is 0.786. The lowest BCUT2D eigenvalue weighted by molar-refractivity contribution is 0.318. The predicted molar refractivity (Wildman–Crippen MR) is 66.6 cm³/mol. The van der Waals surface area contributed by atoms with Crippen molar-refractivity contribution in [2.75, 3.05) is 6.54 Å². The number of rotatable bonds is 4. The zero-order valence-electron chi connectivity index (χ0n) is 10.8. The smallest absolute Gasteiger partial charge is 0.138 e. The van der Waals surface area contributed by atoms with E-state index in [0.29, 0.717) is 0 Å². The molecule has 1 aromatic heterocycles. The van der Waals surface area contributed by atoms with Crippen molar-refractivity contribution in [3.63, 3.8) is 0 Å². The summed E-state index contributed by atoms with van der Waals surface area (Å²) in [6, 6.07) is 0. The minimum Gasteiger partial charge on any atom is -0.361 e. The zero-order valence-corrected chi connectivity index (χ0v) is 10.8. The summed E-state index contributed by atoms with van der Waals surface area (Å²) in [6.45, 7) is 6.10. The molecule has 2 aliphatic carbocycles. The lowest BCUT2D eigenvalue weighted by Gasteiger charge is -2.21. The maximum Gasteiger partial charge on any atom is 0.138 e. The van der Waals surface area contributed by atoms with Gasteiger partial charge in [-0.05, 0) is 57.4 Å². The Bertz CT molecular complexity index is 379. The second-order valence-electron chi connectivity index (χ2n) is 5.87. The number of fused-ring (bicyclic) bond motifs is 2. The SMILES string of the molecule is Cc1noc(C)c1CNCC1CC2CCC1C2. The standard InChI is InChI=1S/C14H22N2O/c1-9-14(10(2)17-16-9)8-15-7-13-6-11-3-4-12(13)5-11/h11-13,15H,3-8H2,1-2H3. The lowest BCUT2D eigenvalue weighted by atomic mass is 9.89. The fourth-order valence-electron chi connectivity index (χ4n) is 3.76. The molecule has 3 heteroatoms. The molecule has 0 radical (unpaired) electrons. The van der Waals surface area contributed by atoms with E-state index in [2.05, 4.69) is 10.5 Å². The molecular formula is C14H22N2O. The van der Waals surface area contributed by atoms with Crippen LogP contribution in [0.4, 0.5) is 0 Å². The van der Waals surface area contributed by atoms with E-state index >= 15 is 0 Å². The van der Waals surface area contributed by atoms with E-state index in [-0.39, 0.29) is 0 Å². The van der Waals surface area contributed by atoms with Crippen LogP contribution in [0.5, 0.6) is 0 Å². The topological polar surface area (TPSA) is 38.1 Å². The quantitative estimate of drug-likeness (QED) is 0.870. The molecular weight excluding hydrogens is 212 g/mol. The van der Waals surface area contributed by atoms with Crippen molar-refractivity contribution in [3.8, 4) is 0 Å². The molecule has 2 fully saturated rings. The van der Waals surface area contributed by atoms with Crippen LogP contribution >= 0.6 is 0 Å². The average molecular weight is 234 g/mol. The summed E-state index contributed by atoms with van der Waals surface area (Å²) in [5.41, 5.74) is 2.27. The van der Waals surface area contributed by atoms with Gasteiger partial charge in [0.25, 0.3) is 0 Å². The van der Waals surface area contributed by atoms with Gasteiger partial charge in [0.15, 0.2) is 0 Å². The van der Waals surface area contributed by atoms with Gasteiger partial charge >= 0.3 is 0 Å². The first kappa shape index (κ1) is 11.3. The summed E-state index contributed by atoms with van der Waals surface area (Å²) in [5, 5.41) is 7.59. The van der Waals surface area contributed by atoms with Crippen molar-refractivity contribution < 1.29 is 4.52 Å². The van der Waals surface area contributed by atoms with Crippen molar-refractivity contribution in [2.24, 2.45) is 17.8 Å². The van der Waals surface area contributed by atoms with E-state index in [1.165, 1.54) is 37.8 Å². The second-order valence-corrected chi connectivity index (χ2v) is 5.87. The highest BCUT2D eigenvalue weighted by Crippen LogP contribution is 2.47. The van der Waals surface area contributed by atoms with E-state index < -0.39 is 0 Å². The third-order valence-corrected chi connectivity index (χ3v) is 4.77. The highest BCUT2D eigenvalue weighted by atomic mass is 16.5. The summed E-state index contributed by atoms with van der Waals surface area (Å²) >= 11 is 0.